The zero-order chi connectivity index (χ0) is 75.5. The summed E-state index contributed by atoms with van der Waals surface area (Å²) in [6, 6.07) is 69.8. The van der Waals surface area contributed by atoms with Gasteiger partial charge in [-0.25, -0.2) is 28.2 Å². The van der Waals surface area contributed by atoms with Crippen molar-refractivity contribution in [3.63, 3.8) is 0 Å². The molecule has 35 heteroatoms. The van der Waals surface area contributed by atoms with Crippen molar-refractivity contribution in [2.75, 3.05) is 0 Å². The highest BCUT2D eigenvalue weighted by Gasteiger charge is 2.46. The van der Waals surface area contributed by atoms with Gasteiger partial charge < -0.3 is 55.0 Å². The van der Waals surface area contributed by atoms with E-state index in [9.17, 15) is 10.0 Å². The van der Waals surface area contributed by atoms with Crippen LogP contribution in [-0.4, -0.2) is 111 Å². The third-order valence-electron chi connectivity index (χ3n) is 18.7. The van der Waals surface area contributed by atoms with E-state index in [1.54, 1.807) is 37.1 Å². The summed E-state index contributed by atoms with van der Waals surface area (Å²) in [5.41, 5.74) is 18.5. The lowest BCUT2D eigenvalue weighted by atomic mass is 10.0. The fraction of sp³-hybridized carbons (Fsp3) is 0.0667. The van der Waals surface area contributed by atoms with Gasteiger partial charge in [0.2, 0.25) is 55.7 Å². The van der Waals surface area contributed by atoms with E-state index in [0.29, 0.717) is 19.6 Å². The van der Waals surface area contributed by atoms with Crippen LogP contribution in [0, 0.1) is 0 Å². The van der Waals surface area contributed by atoms with Crippen molar-refractivity contribution >= 4 is 36.6 Å². The van der Waals surface area contributed by atoms with Gasteiger partial charge in [-0.05, 0) is 69.0 Å². The highest BCUT2D eigenvalue weighted by Crippen LogP contribution is 2.35. The van der Waals surface area contributed by atoms with E-state index in [2.05, 4.69) is 89.4 Å². The molecule has 20 rings (SSSR count). The van der Waals surface area contributed by atoms with E-state index in [1.165, 1.54) is 23.7 Å². The average molecular weight is 1480 g/mol. The van der Waals surface area contributed by atoms with Gasteiger partial charge in [-0.3, -0.25) is 19.0 Å². The second-order valence-electron chi connectivity index (χ2n) is 25.6. The lowest BCUT2D eigenvalue weighted by molar-refractivity contribution is -0.922. The molecule has 15 aromatic rings. The number of hydrogen-bond acceptors (Lipinski definition) is 15. The predicted octanol–water partition coefficient (Wildman–Crippen LogP) is -2.20. The zero-order valence-electron chi connectivity index (χ0n) is 58.5. The van der Waals surface area contributed by atoms with Gasteiger partial charge >= 0.3 is 77.0 Å². The molecule has 540 valence electrons. The van der Waals surface area contributed by atoms with Crippen LogP contribution in [0.1, 0.15) is 27.8 Å². The molecule has 0 saturated carbocycles. The highest BCUT2D eigenvalue weighted by atomic mass is 16.8. The second kappa shape index (κ2) is 31.0. The first-order chi connectivity index (χ1) is 53.7. The topological polar surface area (TPSA) is 334 Å². The monoisotopic (exact) mass is 1480 g/mol. The Kier molecular flexibility index (Phi) is 20.0. The number of pyridine rings is 5. The van der Waals surface area contributed by atoms with Crippen LogP contribution in [0.5, 0.6) is 0 Å². The Hall–Kier alpha value is -13.2. The minimum atomic E-state index is -1.90. The van der Waals surface area contributed by atoms with Crippen molar-refractivity contribution in [1.29, 1.82) is 0 Å². The van der Waals surface area contributed by atoms with Crippen LogP contribution >= 0.6 is 0 Å². The molecule has 10 aromatic heterocycles. The summed E-state index contributed by atoms with van der Waals surface area (Å²) in [6.07, 6.45) is 24.1. The molecular formula is C75H70B5N15O15+10. The van der Waals surface area contributed by atoms with Gasteiger partial charge in [0.15, 0.2) is 11.9 Å². The maximum Gasteiger partial charge on any atom is 0.772 e. The standard InChI is InChI=1S/C21H18BN3O3.2C15H14BN3O3.C15H13BN3O3.C9H9BN3O3/c26-22(27)28-25-13-7-12-18-14-23-20(17-10-5-2-6-11-17)19(15-24(23)21(18)25)16-8-3-1-4-9-16;20-16(21)22-19-8-4-5-12-9-18-11-17(10-14(18)15(12)19)13-6-2-1-3-7-13;20-16(21)22-19-8-4-7-13-9-17-10-14(11-18(17)15(13)19)12-5-2-1-3-6-12;20-16(21)22-19-8-4-7-12-10-18-13(9-17-15(18)14(12)19)11-5-2-1-3-6-11;14-10(15)16-13-4-1-2-7-6-12-5-3-11-9(12)8(7)13/h1-13,15,26-27H,14H2;2*1-8,10-11,20-21H,9H2;1-9,20-21H,10H2;1-5,14-15H,6H2/q3*+2;2*+1/p+2. The average Bonchev–Trinajstić information content (AvgIpc) is 1.59. The van der Waals surface area contributed by atoms with Gasteiger partial charge in [0, 0.05) is 54.3 Å². The van der Waals surface area contributed by atoms with Crippen LogP contribution in [0.2, 0.25) is 0 Å². The quantitative estimate of drug-likeness (QED) is 0.0383. The molecule has 0 amide bonds. The smallest absolute Gasteiger partial charge is 0.388 e. The molecule has 0 unspecified atom stereocenters. The summed E-state index contributed by atoms with van der Waals surface area (Å²) in [5.74, 6) is 3.26. The summed E-state index contributed by atoms with van der Waals surface area (Å²) in [7, 11) is -9.32. The Morgan fingerprint density at radius 1 is 0.373 bits per heavy atom. The molecule has 0 fully saturated rings. The van der Waals surface area contributed by atoms with Crippen LogP contribution in [-0.2, 0) is 32.7 Å². The fourth-order valence-corrected chi connectivity index (χ4v) is 14.3. The normalized spacial score (nSPS) is 11.9. The third kappa shape index (κ3) is 14.5. The lowest BCUT2D eigenvalue weighted by Crippen LogP contribution is -2.58. The molecular weight excluding hydrogens is 1400 g/mol. The number of H-pyrrole nitrogens is 2. The van der Waals surface area contributed by atoms with Gasteiger partial charge in [0.05, 0.1) is 32.5 Å². The number of benzene rings is 5. The van der Waals surface area contributed by atoms with Gasteiger partial charge in [-0.2, -0.15) is 0 Å². The van der Waals surface area contributed by atoms with Crippen LogP contribution in [0.25, 0.3) is 96.5 Å². The number of nitrogens with zero attached hydrogens (tertiary/aromatic N) is 13. The number of rotatable bonds is 15. The van der Waals surface area contributed by atoms with Crippen LogP contribution in [0.15, 0.2) is 293 Å². The lowest BCUT2D eigenvalue weighted by Gasteiger charge is -2.04. The first-order valence-corrected chi connectivity index (χ1v) is 34.9. The molecule has 5 aliphatic heterocycles. The fourth-order valence-electron chi connectivity index (χ4n) is 14.3. The van der Waals surface area contributed by atoms with Crippen molar-refractivity contribution in [3.05, 3.63) is 321 Å². The first-order valence-electron chi connectivity index (χ1n) is 34.9. The molecule has 0 bridgehead atoms. The first kappa shape index (κ1) is 71.1. The highest BCUT2D eigenvalue weighted by molar-refractivity contribution is 6.33. The minimum absolute atomic E-state index is 0.651. The van der Waals surface area contributed by atoms with Gasteiger partial charge in [-0.1, -0.05) is 144 Å². The molecule has 15 heterocycles. The molecule has 0 aliphatic carbocycles. The minimum Gasteiger partial charge on any atom is -0.388 e. The van der Waals surface area contributed by atoms with E-state index in [1.807, 2.05) is 214 Å². The molecule has 30 nitrogen and oxygen atoms in total. The molecule has 0 saturated heterocycles. The molecule has 0 spiro atoms. The third-order valence-corrected chi connectivity index (χ3v) is 18.7. The van der Waals surface area contributed by atoms with Gasteiger partial charge in [0.1, 0.15) is 79.7 Å². The predicted molar refractivity (Wildman–Crippen MR) is 388 cm³/mol. The number of fused-ring (bicyclic) bond motifs is 15. The van der Waals surface area contributed by atoms with Gasteiger partial charge in [-0.15, -0.1) is 4.68 Å². The van der Waals surface area contributed by atoms with Crippen molar-refractivity contribution in [2.24, 2.45) is 0 Å². The second-order valence-corrected chi connectivity index (χ2v) is 25.6. The number of aromatic nitrogens is 15. The van der Waals surface area contributed by atoms with Crippen LogP contribution in [0.3, 0.4) is 0 Å². The molecule has 12 N–H and O–H groups in total. The Labute approximate surface area is 628 Å². The van der Waals surface area contributed by atoms with E-state index < -0.39 is 36.6 Å². The summed E-state index contributed by atoms with van der Waals surface area (Å²) in [5, 5.41) is 90.7. The molecule has 0 radical (unpaired) electrons. The molecule has 5 aliphatic rings. The van der Waals surface area contributed by atoms with Crippen molar-refractivity contribution in [1.82, 2.24) is 23.9 Å². The number of aromatic amines is 2. The van der Waals surface area contributed by atoms with Crippen LogP contribution < -0.4 is 70.5 Å². The summed E-state index contributed by atoms with van der Waals surface area (Å²) in [4.78, 5) is 6.34. The number of nitrogens with one attached hydrogen (secondary N) is 2. The SMILES string of the molecule is OB(O)O[n+]1cccc2c1-[n+]1cc(-c3ccccc3)c(-c3ccccc3)n1C2.OB(O)O[n+]1cccc2c1-c1[nH]cc(-c3ccccc3)[n+]1C2.OB(O)O[n+]1cccc2c1-c1[nH]cc[n+]1C2.OB(O)O[n+]1cccc2c1-c1cn(-c3ccccc3)c[n+]1C2.OB(O)O[n+]1cccc2c1-n1cc(-c3ccccc3)c[n+]1C2. The molecule has 110 heavy (non-hydrogen) atoms. The maximum atomic E-state index is 9.30. The van der Waals surface area contributed by atoms with Crippen molar-refractivity contribution < 1.29 is 121 Å². The van der Waals surface area contributed by atoms with Gasteiger partial charge in [0.25, 0.3) is 0 Å². The van der Waals surface area contributed by atoms with E-state index in [4.69, 9.17) is 64.0 Å². The number of hydrogen-bond donors (Lipinski definition) is 12. The van der Waals surface area contributed by atoms with E-state index >= 15 is 0 Å². The van der Waals surface area contributed by atoms with Crippen LogP contribution in [0.4, 0.5) is 0 Å². The van der Waals surface area contributed by atoms with Crippen molar-refractivity contribution in [2.45, 2.75) is 32.7 Å². The van der Waals surface area contributed by atoms with E-state index in [-0.39, 0.29) is 0 Å². The number of imidazole rings is 3. The zero-order valence-corrected chi connectivity index (χ0v) is 58.5. The summed E-state index contributed by atoms with van der Waals surface area (Å²) >= 11 is 0. The van der Waals surface area contributed by atoms with E-state index in [0.717, 1.165) is 137 Å². The largest absolute Gasteiger partial charge is 0.772 e. The Morgan fingerprint density at radius 2 is 0.855 bits per heavy atom. The molecule has 0 atom stereocenters. The Bertz CT molecular complexity index is 5630. The Morgan fingerprint density at radius 3 is 1.46 bits per heavy atom. The maximum absolute atomic E-state index is 9.30. The number of para-hydroxylation sites is 1. The summed E-state index contributed by atoms with van der Waals surface area (Å²) in [6.45, 7) is 3.52. The van der Waals surface area contributed by atoms with Crippen molar-refractivity contribution in [3.8, 4) is 96.5 Å². The summed E-state index contributed by atoms with van der Waals surface area (Å²) < 4.78 is 48.5. The molecule has 5 aromatic carbocycles. The Balaban J connectivity index is 0.000000105.